The van der Waals surface area contributed by atoms with Crippen LogP contribution in [0.3, 0.4) is 0 Å². The van der Waals surface area contributed by atoms with Gasteiger partial charge in [0, 0.05) is 25.4 Å². The molecule has 7 nitrogen and oxygen atoms in total. The smallest absolute Gasteiger partial charge is 0.278 e. The molecule has 0 bridgehead atoms. The molecule has 1 unspecified atom stereocenters. The van der Waals surface area contributed by atoms with Crippen LogP contribution in [-0.4, -0.2) is 61.8 Å². The summed E-state index contributed by atoms with van der Waals surface area (Å²) in [5, 5.41) is 0. The Morgan fingerprint density at radius 1 is 1.19 bits per heavy atom. The van der Waals surface area contributed by atoms with Gasteiger partial charge < -0.3 is 15.5 Å². The lowest BCUT2D eigenvalue weighted by Gasteiger charge is -2.30. The molecule has 0 saturated carbocycles. The second-order valence-corrected chi connectivity index (χ2v) is 9.48. The van der Waals surface area contributed by atoms with Crippen LogP contribution in [0.5, 0.6) is 0 Å². The molecule has 0 aromatic heterocycles. The molecule has 0 radical (unpaired) electrons. The standard InChI is InChI=1S/C18H25N3O4S/c19-18(23)16-7-4-9-20(16)12-17(22)21(11-14-5-2-1-3-6-14)15-8-10-26(24,25)13-15/h1-3,5-6,15-16H,4,7-13H2,(H2,19,23)/p+1/t15-,16+/m0/s1. The van der Waals surface area contributed by atoms with Gasteiger partial charge in [-0.15, -0.1) is 0 Å². The number of benzene rings is 1. The van der Waals surface area contributed by atoms with Crippen molar-refractivity contribution >= 4 is 21.7 Å². The van der Waals surface area contributed by atoms with Gasteiger partial charge in [-0.2, -0.15) is 0 Å². The molecule has 0 spiro atoms. The molecule has 1 aromatic carbocycles. The van der Waals surface area contributed by atoms with E-state index in [0.717, 1.165) is 23.4 Å². The second-order valence-electron chi connectivity index (χ2n) is 7.25. The van der Waals surface area contributed by atoms with Gasteiger partial charge in [-0.3, -0.25) is 9.59 Å². The maximum atomic E-state index is 13.0. The monoisotopic (exact) mass is 380 g/mol. The van der Waals surface area contributed by atoms with Gasteiger partial charge in [0.25, 0.3) is 11.8 Å². The molecule has 2 amide bonds. The largest absolute Gasteiger partial charge is 0.365 e. The molecular weight excluding hydrogens is 354 g/mol. The van der Waals surface area contributed by atoms with E-state index in [1.807, 2.05) is 30.3 Å². The van der Waals surface area contributed by atoms with Gasteiger partial charge in [0.05, 0.1) is 18.1 Å². The van der Waals surface area contributed by atoms with Crippen LogP contribution >= 0.6 is 0 Å². The van der Waals surface area contributed by atoms with Crippen molar-refractivity contribution in [3.05, 3.63) is 35.9 Å². The molecule has 1 aromatic rings. The highest BCUT2D eigenvalue weighted by Gasteiger charge is 2.39. The SMILES string of the molecule is NC(=O)[C@H]1CCC[NH+]1CC(=O)N(Cc1ccccc1)[C@H]1CCS(=O)(=O)C1. The number of hydrogen-bond donors (Lipinski definition) is 2. The van der Waals surface area contributed by atoms with Gasteiger partial charge in [0.15, 0.2) is 22.4 Å². The first kappa shape index (κ1) is 18.8. The molecule has 142 valence electrons. The summed E-state index contributed by atoms with van der Waals surface area (Å²) >= 11 is 0. The van der Waals surface area contributed by atoms with Crippen LogP contribution in [0.4, 0.5) is 0 Å². The molecule has 0 aliphatic carbocycles. The summed E-state index contributed by atoms with van der Waals surface area (Å²) in [6, 6.07) is 8.93. The zero-order chi connectivity index (χ0) is 18.7. The topological polar surface area (TPSA) is 102 Å². The van der Waals surface area contributed by atoms with E-state index in [0.29, 0.717) is 19.4 Å². The summed E-state index contributed by atoms with van der Waals surface area (Å²) in [6.07, 6.45) is 2.04. The van der Waals surface area contributed by atoms with Crippen molar-refractivity contribution in [2.45, 2.75) is 37.9 Å². The third-order valence-electron chi connectivity index (χ3n) is 5.37. The molecule has 3 N–H and O–H groups in total. The van der Waals surface area contributed by atoms with Crippen LogP contribution < -0.4 is 10.6 Å². The molecular formula is C18H26N3O4S+. The van der Waals surface area contributed by atoms with E-state index in [2.05, 4.69) is 0 Å². The summed E-state index contributed by atoms with van der Waals surface area (Å²) in [6.45, 7) is 1.30. The fourth-order valence-electron chi connectivity index (χ4n) is 3.98. The van der Waals surface area contributed by atoms with Crippen LogP contribution in [0.1, 0.15) is 24.8 Å². The first-order chi connectivity index (χ1) is 12.4. The Balaban J connectivity index is 1.76. The Morgan fingerprint density at radius 2 is 1.92 bits per heavy atom. The van der Waals surface area contributed by atoms with Crippen molar-refractivity contribution in [2.24, 2.45) is 5.73 Å². The average Bonchev–Trinajstić information content (AvgIpc) is 3.19. The molecule has 2 saturated heterocycles. The molecule has 26 heavy (non-hydrogen) atoms. The van der Waals surface area contributed by atoms with E-state index in [1.54, 1.807) is 4.90 Å². The number of quaternary nitrogens is 1. The van der Waals surface area contributed by atoms with Crippen molar-refractivity contribution in [1.82, 2.24) is 4.90 Å². The number of nitrogens with two attached hydrogens (primary N) is 1. The number of amides is 2. The third-order valence-corrected chi connectivity index (χ3v) is 7.12. The molecule has 2 fully saturated rings. The van der Waals surface area contributed by atoms with Crippen molar-refractivity contribution in [3.63, 3.8) is 0 Å². The Kier molecular flexibility index (Phi) is 5.62. The Hall–Kier alpha value is -1.93. The van der Waals surface area contributed by atoms with Crippen molar-refractivity contribution < 1.29 is 22.9 Å². The van der Waals surface area contributed by atoms with Gasteiger partial charge in [-0.25, -0.2) is 8.42 Å². The normalized spacial score (nSPS) is 27.3. The van der Waals surface area contributed by atoms with Gasteiger partial charge in [0.2, 0.25) is 0 Å². The molecule has 3 rings (SSSR count). The number of rotatable bonds is 6. The van der Waals surface area contributed by atoms with Gasteiger partial charge in [-0.05, 0) is 12.0 Å². The highest BCUT2D eigenvalue weighted by Crippen LogP contribution is 2.20. The average molecular weight is 380 g/mol. The summed E-state index contributed by atoms with van der Waals surface area (Å²) in [5.74, 6) is -0.348. The Morgan fingerprint density at radius 3 is 2.54 bits per heavy atom. The summed E-state index contributed by atoms with van der Waals surface area (Å²) in [5.41, 5.74) is 6.42. The summed E-state index contributed by atoms with van der Waals surface area (Å²) in [4.78, 5) is 27.2. The quantitative estimate of drug-likeness (QED) is 0.643. The van der Waals surface area contributed by atoms with Crippen molar-refractivity contribution in [2.75, 3.05) is 24.6 Å². The van der Waals surface area contributed by atoms with E-state index < -0.39 is 9.84 Å². The molecule has 8 heteroatoms. The third kappa shape index (κ3) is 4.42. The molecule has 3 atom stereocenters. The van der Waals surface area contributed by atoms with E-state index in [1.165, 1.54) is 0 Å². The summed E-state index contributed by atoms with van der Waals surface area (Å²) < 4.78 is 23.8. The van der Waals surface area contributed by atoms with Gasteiger partial charge >= 0.3 is 0 Å². The van der Waals surface area contributed by atoms with Gasteiger partial charge in [-0.1, -0.05) is 30.3 Å². The van der Waals surface area contributed by atoms with E-state index in [-0.39, 0.29) is 41.9 Å². The highest BCUT2D eigenvalue weighted by atomic mass is 32.2. The lowest BCUT2D eigenvalue weighted by molar-refractivity contribution is -0.895. The molecule has 2 aliphatic rings. The zero-order valence-corrected chi connectivity index (χ0v) is 15.6. The first-order valence-electron chi connectivity index (χ1n) is 9.03. The lowest BCUT2D eigenvalue weighted by Crippen LogP contribution is -3.16. The number of sulfone groups is 1. The minimum atomic E-state index is -3.09. The van der Waals surface area contributed by atoms with Crippen molar-refractivity contribution in [3.8, 4) is 0 Å². The Bertz CT molecular complexity index is 766. The number of carbonyl (C=O) groups excluding carboxylic acids is 2. The lowest BCUT2D eigenvalue weighted by atomic mass is 10.1. The van der Waals surface area contributed by atoms with Crippen LogP contribution in [0.25, 0.3) is 0 Å². The van der Waals surface area contributed by atoms with E-state index >= 15 is 0 Å². The Labute approximate surface area is 154 Å². The van der Waals surface area contributed by atoms with Gasteiger partial charge in [0.1, 0.15) is 0 Å². The molecule has 2 aliphatic heterocycles. The number of nitrogens with one attached hydrogen (secondary N) is 1. The number of primary amides is 1. The van der Waals surface area contributed by atoms with Crippen molar-refractivity contribution in [1.29, 1.82) is 0 Å². The minimum Gasteiger partial charge on any atom is -0.365 e. The molecule has 2 heterocycles. The number of carbonyl (C=O) groups is 2. The van der Waals surface area contributed by atoms with Crippen LogP contribution in [0, 0.1) is 0 Å². The summed E-state index contributed by atoms with van der Waals surface area (Å²) in [7, 11) is -3.09. The maximum absolute atomic E-state index is 13.0. The number of likely N-dealkylation sites (tertiary alicyclic amines) is 1. The maximum Gasteiger partial charge on any atom is 0.278 e. The predicted molar refractivity (Wildman–Crippen MR) is 97.0 cm³/mol. The fraction of sp³-hybridized carbons (Fsp3) is 0.556. The highest BCUT2D eigenvalue weighted by molar-refractivity contribution is 7.91. The first-order valence-corrected chi connectivity index (χ1v) is 10.9. The minimum absolute atomic E-state index is 0.0140. The predicted octanol–water partition coefficient (Wildman–Crippen LogP) is -1.27. The number of nitrogens with zero attached hydrogens (tertiary/aromatic N) is 1. The van der Waals surface area contributed by atoms with Crippen LogP contribution in [0.2, 0.25) is 0 Å². The van der Waals surface area contributed by atoms with E-state index in [9.17, 15) is 18.0 Å². The number of hydrogen-bond acceptors (Lipinski definition) is 4. The fourth-order valence-corrected chi connectivity index (χ4v) is 5.72. The zero-order valence-electron chi connectivity index (χ0n) is 14.8. The van der Waals surface area contributed by atoms with E-state index in [4.69, 9.17) is 5.73 Å². The van der Waals surface area contributed by atoms with Crippen LogP contribution in [-0.2, 0) is 26.0 Å². The second kappa shape index (κ2) is 7.75. The van der Waals surface area contributed by atoms with Crippen LogP contribution in [0.15, 0.2) is 30.3 Å².